The number of carbonyl (C=O) groups is 3. The van der Waals surface area contributed by atoms with Crippen LogP contribution in [0.5, 0.6) is 0 Å². The minimum Gasteiger partial charge on any atom is -0.445 e. The van der Waals surface area contributed by atoms with E-state index >= 15 is 0 Å². The number of rotatable bonds is 8. The molecule has 1 aromatic rings. The molecule has 3 heterocycles. The number of ether oxygens (including phenoxy) is 6. The number of fused-ring (bicyclic) bond motifs is 1. The molecule has 41 heavy (non-hydrogen) atoms. The van der Waals surface area contributed by atoms with Crippen LogP contribution in [-0.4, -0.2) is 91.3 Å². The van der Waals surface area contributed by atoms with Crippen LogP contribution in [0.3, 0.4) is 0 Å². The number of piperidine rings is 1. The third-order valence-corrected chi connectivity index (χ3v) is 7.74. The standard InChI is InChI=1S/C29H43N3O9/c1-26(2,36-6)39-21-12-17-38-29(22(21)40-27(3,4)41-29)19-30-23(33)24(34)32-15-13-28(5,14-16-32)31-25(35)37-18-20-10-8-7-9-11-20/h7-11,21-22H,12-19H2,1-6H3,(H,30,33)(H,31,35)/t21-,22+,29+/m1/s1. The Morgan fingerprint density at radius 1 is 1.10 bits per heavy atom. The first-order chi connectivity index (χ1) is 19.3. The predicted octanol–water partition coefficient (Wildman–Crippen LogP) is 2.45. The number of nitrogens with zero attached hydrogens (tertiary/aromatic N) is 1. The van der Waals surface area contributed by atoms with Crippen LogP contribution in [0.25, 0.3) is 0 Å². The van der Waals surface area contributed by atoms with Crippen LogP contribution in [0.1, 0.15) is 59.4 Å². The molecule has 2 N–H and O–H groups in total. The van der Waals surface area contributed by atoms with Gasteiger partial charge in [-0.25, -0.2) is 4.79 Å². The monoisotopic (exact) mass is 577 g/mol. The van der Waals surface area contributed by atoms with Gasteiger partial charge in [-0.3, -0.25) is 9.59 Å². The van der Waals surface area contributed by atoms with Gasteiger partial charge in [-0.15, -0.1) is 0 Å². The van der Waals surface area contributed by atoms with Crippen LogP contribution in [0.2, 0.25) is 0 Å². The third kappa shape index (κ3) is 7.75. The summed E-state index contributed by atoms with van der Waals surface area (Å²) >= 11 is 0. The molecule has 3 atom stereocenters. The maximum Gasteiger partial charge on any atom is 0.407 e. The van der Waals surface area contributed by atoms with Crippen LogP contribution in [0, 0.1) is 0 Å². The van der Waals surface area contributed by atoms with Crippen molar-refractivity contribution in [3.63, 3.8) is 0 Å². The molecule has 1 aromatic carbocycles. The quantitative estimate of drug-likeness (QED) is 0.353. The zero-order chi connectivity index (χ0) is 29.9. The lowest BCUT2D eigenvalue weighted by Gasteiger charge is -2.43. The first-order valence-electron chi connectivity index (χ1n) is 14.1. The number of carbonyl (C=O) groups excluding carboxylic acids is 3. The summed E-state index contributed by atoms with van der Waals surface area (Å²) < 4.78 is 35.3. The Morgan fingerprint density at radius 3 is 2.44 bits per heavy atom. The highest BCUT2D eigenvalue weighted by Crippen LogP contribution is 2.43. The minimum absolute atomic E-state index is 0.0979. The summed E-state index contributed by atoms with van der Waals surface area (Å²) in [7, 11) is 1.56. The van der Waals surface area contributed by atoms with Gasteiger partial charge in [0, 0.05) is 25.7 Å². The van der Waals surface area contributed by atoms with Gasteiger partial charge in [0.05, 0.1) is 19.3 Å². The zero-order valence-electron chi connectivity index (χ0n) is 24.8. The molecule has 0 aliphatic carbocycles. The second kappa shape index (κ2) is 12.2. The van der Waals surface area contributed by atoms with E-state index < -0.39 is 53.0 Å². The Morgan fingerprint density at radius 2 is 1.78 bits per heavy atom. The van der Waals surface area contributed by atoms with Gasteiger partial charge in [0.1, 0.15) is 12.7 Å². The van der Waals surface area contributed by atoms with Crippen molar-refractivity contribution in [3.05, 3.63) is 35.9 Å². The average Bonchev–Trinajstić information content (AvgIpc) is 3.22. The molecular weight excluding hydrogens is 534 g/mol. The van der Waals surface area contributed by atoms with Gasteiger partial charge in [-0.2, -0.15) is 0 Å². The molecule has 228 valence electrons. The van der Waals surface area contributed by atoms with Crippen LogP contribution in [-0.2, 0) is 44.6 Å². The van der Waals surface area contributed by atoms with E-state index in [1.165, 1.54) is 4.90 Å². The Bertz CT molecular complexity index is 1090. The molecule has 0 saturated carbocycles. The number of hydrogen-bond donors (Lipinski definition) is 2. The van der Waals surface area contributed by atoms with Gasteiger partial charge >= 0.3 is 17.9 Å². The summed E-state index contributed by atoms with van der Waals surface area (Å²) in [5, 5.41) is 5.61. The van der Waals surface area contributed by atoms with E-state index in [2.05, 4.69) is 10.6 Å². The highest BCUT2D eigenvalue weighted by atomic mass is 16.8. The van der Waals surface area contributed by atoms with Gasteiger partial charge < -0.3 is 44.0 Å². The van der Waals surface area contributed by atoms with E-state index in [9.17, 15) is 14.4 Å². The second-order valence-corrected chi connectivity index (χ2v) is 12.0. The number of benzene rings is 1. The summed E-state index contributed by atoms with van der Waals surface area (Å²) in [6.45, 7) is 10.0. The summed E-state index contributed by atoms with van der Waals surface area (Å²) in [4.78, 5) is 39.8. The molecule has 0 aromatic heterocycles. The van der Waals surface area contributed by atoms with E-state index in [0.717, 1.165) is 5.56 Å². The topological polar surface area (TPSA) is 134 Å². The van der Waals surface area contributed by atoms with Crippen molar-refractivity contribution < 1.29 is 42.8 Å². The van der Waals surface area contributed by atoms with Gasteiger partial charge in [0.25, 0.3) is 0 Å². The van der Waals surface area contributed by atoms with E-state index in [0.29, 0.717) is 39.0 Å². The molecule has 0 bridgehead atoms. The lowest BCUT2D eigenvalue weighted by atomic mass is 9.89. The number of hydrogen-bond acceptors (Lipinski definition) is 9. The van der Waals surface area contributed by atoms with Crippen molar-refractivity contribution in [2.45, 2.75) is 95.6 Å². The fraction of sp³-hybridized carbons (Fsp3) is 0.690. The molecule has 0 spiro atoms. The minimum atomic E-state index is -1.32. The van der Waals surface area contributed by atoms with Crippen LogP contribution >= 0.6 is 0 Å². The molecule has 3 aliphatic rings. The number of nitrogens with one attached hydrogen (secondary N) is 2. The normalized spacial score (nSPS) is 27.0. The van der Waals surface area contributed by atoms with Crippen molar-refractivity contribution in [3.8, 4) is 0 Å². The van der Waals surface area contributed by atoms with Crippen molar-refractivity contribution in [1.82, 2.24) is 15.5 Å². The number of methoxy groups -OCH3 is 1. The average molecular weight is 578 g/mol. The molecule has 4 rings (SSSR count). The zero-order valence-corrected chi connectivity index (χ0v) is 24.8. The van der Waals surface area contributed by atoms with Crippen molar-refractivity contribution in [1.29, 1.82) is 0 Å². The molecular formula is C29H43N3O9. The lowest BCUT2D eigenvalue weighted by Crippen LogP contribution is -2.62. The summed E-state index contributed by atoms with van der Waals surface area (Å²) in [6.07, 6.45) is -0.0965. The van der Waals surface area contributed by atoms with E-state index in [-0.39, 0.29) is 13.2 Å². The Balaban J connectivity index is 1.28. The van der Waals surface area contributed by atoms with E-state index in [1.54, 1.807) is 34.8 Å². The van der Waals surface area contributed by atoms with Crippen LogP contribution in [0.15, 0.2) is 30.3 Å². The maximum atomic E-state index is 13.0. The molecule has 12 heteroatoms. The van der Waals surface area contributed by atoms with Crippen molar-refractivity contribution in [2.75, 3.05) is 33.4 Å². The smallest absolute Gasteiger partial charge is 0.407 e. The molecule has 3 aliphatic heterocycles. The van der Waals surface area contributed by atoms with Gasteiger partial charge in [-0.05, 0) is 59.4 Å². The number of amides is 3. The molecule has 0 unspecified atom stereocenters. The fourth-order valence-corrected chi connectivity index (χ4v) is 5.34. The third-order valence-electron chi connectivity index (χ3n) is 7.74. The fourth-order valence-electron chi connectivity index (χ4n) is 5.34. The first-order valence-corrected chi connectivity index (χ1v) is 14.1. The van der Waals surface area contributed by atoms with Crippen LogP contribution in [0.4, 0.5) is 4.79 Å². The lowest BCUT2D eigenvalue weighted by molar-refractivity contribution is -0.301. The SMILES string of the molecule is COC(C)(C)O[C@@H]1CCO[C@@]2(CNC(=O)C(=O)N3CCC(C)(NC(=O)OCc4ccccc4)CC3)OC(C)(C)O[C@@H]12. The van der Waals surface area contributed by atoms with Gasteiger partial charge in [0.2, 0.25) is 5.79 Å². The largest absolute Gasteiger partial charge is 0.445 e. The summed E-state index contributed by atoms with van der Waals surface area (Å²) in [6, 6.07) is 9.42. The van der Waals surface area contributed by atoms with Crippen LogP contribution < -0.4 is 10.6 Å². The number of alkyl carbamates (subject to hydrolysis) is 1. The molecule has 3 amide bonds. The predicted molar refractivity (Wildman–Crippen MR) is 146 cm³/mol. The molecule has 3 saturated heterocycles. The highest BCUT2D eigenvalue weighted by molar-refractivity contribution is 6.35. The maximum absolute atomic E-state index is 13.0. The van der Waals surface area contributed by atoms with Gasteiger partial charge in [0.15, 0.2) is 11.6 Å². The summed E-state index contributed by atoms with van der Waals surface area (Å²) in [5.74, 6) is -4.60. The second-order valence-electron chi connectivity index (χ2n) is 12.0. The Kier molecular flexibility index (Phi) is 9.29. The molecule has 12 nitrogen and oxygen atoms in total. The number of likely N-dealkylation sites (tertiary alicyclic amines) is 1. The Labute approximate surface area is 241 Å². The molecule has 3 fully saturated rings. The summed E-state index contributed by atoms with van der Waals surface area (Å²) in [5.41, 5.74) is 0.332. The van der Waals surface area contributed by atoms with Crippen molar-refractivity contribution >= 4 is 17.9 Å². The van der Waals surface area contributed by atoms with Crippen molar-refractivity contribution in [2.24, 2.45) is 0 Å². The highest BCUT2D eigenvalue weighted by Gasteiger charge is 2.60. The van der Waals surface area contributed by atoms with E-state index in [4.69, 9.17) is 28.4 Å². The van der Waals surface area contributed by atoms with E-state index in [1.807, 2.05) is 37.3 Å². The first kappa shape index (κ1) is 31.2. The molecule has 0 radical (unpaired) electrons. The van der Waals surface area contributed by atoms with Gasteiger partial charge in [-0.1, -0.05) is 30.3 Å². The Hall–Kier alpha value is -2.77.